The molecule has 29 heavy (non-hydrogen) atoms. The minimum Gasteiger partial charge on any atom is -0.379 e. The second-order valence-corrected chi connectivity index (χ2v) is 7.78. The van der Waals surface area contributed by atoms with Crippen LogP contribution in [0.15, 0.2) is 6.07 Å². The number of amides is 2. The Kier molecular flexibility index (Phi) is 5.51. The zero-order valence-corrected chi connectivity index (χ0v) is 17.3. The van der Waals surface area contributed by atoms with Gasteiger partial charge < -0.3 is 14.5 Å². The van der Waals surface area contributed by atoms with Gasteiger partial charge in [0.15, 0.2) is 5.65 Å². The predicted molar refractivity (Wildman–Crippen MR) is 108 cm³/mol. The first-order valence-corrected chi connectivity index (χ1v) is 10.1. The number of fused-ring (bicyclic) bond motifs is 1. The molecule has 0 saturated carbocycles. The molecule has 2 fully saturated rings. The summed E-state index contributed by atoms with van der Waals surface area (Å²) in [6.07, 6.45) is 0. The molecule has 4 heterocycles. The van der Waals surface area contributed by atoms with Crippen molar-refractivity contribution in [1.29, 1.82) is 0 Å². The van der Waals surface area contributed by atoms with E-state index < -0.39 is 0 Å². The predicted octanol–water partition coefficient (Wildman–Crippen LogP) is 0.202. The third-order valence-electron chi connectivity index (χ3n) is 5.71. The van der Waals surface area contributed by atoms with Crippen LogP contribution in [0.4, 0.5) is 0 Å². The molecule has 2 aliphatic heterocycles. The van der Waals surface area contributed by atoms with Crippen LogP contribution >= 0.6 is 0 Å². The maximum Gasteiger partial charge on any atom is 0.254 e. The molecule has 4 rings (SSSR count). The monoisotopic (exact) mass is 400 g/mol. The van der Waals surface area contributed by atoms with Gasteiger partial charge in [-0.15, -0.1) is 0 Å². The normalized spacial score (nSPS) is 18.4. The summed E-state index contributed by atoms with van der Waals surface area (Å²) in [5, 5.41) is 5.24. The first-order valence-electron chi connectivity index (χ1n) is 10.1. The van der Waals surface area contributed by atoms with Crippen LogP contribution in [0.5, 0.6) is 0 Å². The average molecular weight is 400 g/mol. The molecule has 0 atom stereocenters. The van der Waals surface area contributed by atoms with Crippen LogP contribution in [0.3, 0.4) is 0 Å². The highest BCUT2D eigenvalue weighted by Crippen LogP contribution is 2.23. The summed E-state index contributed by atoms with van der Waals surface area (Å²) < 4.78 is 7.06. The Balaban J connectivity index is 1.43. The lowest BCUT2D eigenvalue weighted by molar-refractivity contribution is -0.134. The molecule has 0 bridgehead atoms. The van der Waals surface area contributed by atoms with E-state index in [4.69, 9.17) is 4.74 Å². The number of carbonyl (C=O) groups is 2. The number of aryl methyl sites for hydroxylation is 3. The highest BCUT2D eigenvalue weighted by Gasteiger charge is 2.28. The van der Waals surface area contributed by atoms with E-state index in [-0.39, 0.29) is 11.8 Å². The molecular formula is C20H28N6O3. The lowest BCUT2D eigenvalue weighted by Crippen LogP contribution is -2.53. The third kappa shape index (κ3) is 3.97. The fourth-order valence-corrected chi connectivity index (χ4v) is 4.12. The maximum absolute atomic E-state index is 13.3. The molecule has 0 spiro atoms. The molecule has 156 valence electrons. The minimum absolute atomic E-state index is 0.0168. The van der Waals surface area contributed by atoms with Gasteiger partial charge in [-0.1, -0.05) is 0 Å². The fourth-order valence-electron chi connectivity index (χ4n) is 4.12. The molecule has 9 nitrogen and oxygen atoms in total. The van der Waals surface area contributed by atoms with Crippen LogP contribution in [-0.2, 0) is 16.6 Å². The molecule has 0 radical (unpaired) electrons. The molecule has 0 aliphatic carbocycles. The SMILES string of the molecule is Cc1cc(C(=O)N2CCN(C(=O)CN3CCOCC3)CC2)c2c(C)nn(C)c2n1. The van der Waals surface area contributed by atoms with E-state index in [0.29, 0.717) is 51.5 Å². The minimum atomic E-state index is -0.0168. The highest BCUT2D eigenvalue weighted by molar-refractivity contribution is 6.06. The van der Waals surface area contributed by atoms with Crippen molar-refractivity contribution in [2.24, 2.45) is 7.05 Å². The van der Waals surface area contributed by atoms with Crippen molar-refractivity contribution in [3.63, 3.8) is 0 Å². The van der Waals surface area contributed by atoms with Gasteiger partial charge in [0.05, 0.1) is 36.4 Å². The Morgan fingerprint density at radius 2 is 1.69 bits per heavy atom. The van der Waals surface area contributed by atoms with Crippen LogP contribution in [0.2, 0.25) is 0 Å². The zero-order valence-electron chi connectivity index (χ0n) is 17.3. The Bertz CT molecular complexity index is 926. The Labute approximate surface area is 170 Å². The van der Waals surface area contributed by atoms with E-state index >= 15 is 0 Å². The number of carbonyl (C=O) groups excluding carboxylic acids is 2. The van der Waals surface area contributed by atoms with Crippen molar-refractivity contribution in [3.8, 4) is 0 Å². The summed E-state index contributed by atoms with van der Waals surface area (Å²) in [5.74, 6) is 0.112. The Morgan fingerprint density at radius 1 is 1.03 bits per heavy atom. The van der Waals surface area contributed by atoms with E-state index in [1.54, 1.807) is 4.68 Å². The van der Waals surface area contributed by atoms with Crippen LogP contribution in [0.25, 0.3) is 11.0 Å². The van der Waals surface area contributed by atoms with Gasteiger partial charge in [0.25, 0.3) is 5.91 Å². The van der Waals surface area contributed by atoms with Crippen LogP contribution in [0, 0.1) is 13.8 Å². The fraction of sp³-hybridized carbons (Fsp3) is 0.600. The van der Waals surface area contributed by atoms with Crippen molar-refractivity contribution in [3.05, 3.63) is 23.0 Å². The van der Waals surface area contributed by atoms with Gasteiger partial charge in [-0.25, -0.2) is 4.98 Å². The second-order valence-electron chi connectivity index (χ2n) is 7.78. The molecule has 9 heteroatoms. The number of pyridine rings is 1. The molecular weight excluding hydrogens is 372 g/mol. The third-order valence-corrected chi connectivity index (χ3v) is 5.71. The highest BCUT2D eigenvalue weighted by atomic mass is 16.5. The van der Waals surface area contributed by atoms with Crippen LogP contribution in [0.1, 0.15) is 21.7 Å². The molecule has 2 amide bonds. The van der Waals surface area contributed by atoms with Gasteiger partial charge in [-0.05, 0) is 19.9 Å². The van der Waals surface area contributed by atoms with Gasteiger partial charge in [0, 0.05) is 52.0 Å². The summed E-state index contributed by atoms with van der Waals surface area (Å²) in [5.41, 5.74) is 2.97. The van der Waals surface area contributed by atoms with Crippen LogP contribution < -0.4 is 0 Å². The average Bonchev–Trinajstić information content (AvgIpc) is 3.01. The largest absolute Gasteiger partial charge is 0.379 e. The lowest BCUT2D eigenvalue weighted by atomic mass is 10.1. The smallest absolute Gasteiger partial charge is 0.254 e. The molecule has 2 aliphatic rings. The zero-order chi connectivity index (χ0) is 20.5. The molecule has 2 aromatic rings. The quantitative estimate of drug-likeness (QED) is 0.732. The number of nitrogens with zero attached hydrogens (tertiary/aromatic N) is 6. The molecule has 2 saturated heterocycles. The van der Waals surface area contributed by atoms with Crippen molar-refractivity contribution >= 4 is 22.8 Å². The second kappa shape index (κ2) is 8.08. The van der Waals surface area contributed by atoms with Gasteiger partial charge >= 0.3 is 0 Å². The number of rotatable bonds is 3. The van der Waals surface area contributed by atoms with Crippen molar-refractivity contribution < 1.29 is 14.3 Å². The Hall–Kier alpha value is -2.52. The first kappa shape index (κ1) is 19.8. The van der Waals surface area contributed by atoms with Crippen molar-refractivity contribution in [2.75, 3.05) is 59.0 Å². The van der Waals surface area contributed by atoms with Gasteiger partial charge in [-0.3, -0.25) is 19.2 Å². The van der Waals surface area contributed by atoms with Crippen molar-refractivity contribution in [1.82, 2.24) is 29.5 Å². The van der Waals surface area contributed by atoms with Gasteiger partial charge in [0.1, 0.15) is 0 Å². The Morgan fingerprint density at radius 3 is 2.38 bits per heavy atom. The van der Waals surface area contributed by atoms with Gasteiger partial charge in [0.2, 0.25) is 5.91 Å². The number of ether oxygens (including phenoxy) is 1. The number of piperazine rings is 1. The number of hydrogen-bond acceptors (Lipinski definition) is 6. The summed E-state index contributed by atoms with van der Waals surface area (Å²) in [6.45, 7) is 9.38. The van der Waals surface area contributed by atoms with E-state index in [1.165, 1.54) is 0 Å². The topological polar surface area (TPSA) is 83.8 Å². The summed E-state index contributed by atoms with van der Waals surface area (Å²) in [7, 11) is 1.84. The number of hydrogen-bond donors (Lipinski definition) is 0. The maximum atomic E-state index is 13.3. The molecule has 2 aromatic heterocycles. The van der Waals surface area contributed by atoms with Crippen LogP contribution in [-0.4, -0.2) is 100 Å². The first-order chi connectivity index (χ1) is 13.9. The number of morpholine rings is 1. The van der Waals surface area contributed by atoms with Crippen molar-refractivity contribution in [2.45, 2.75) is 13.8 Å². The van der Waals surface area contributed by atoms with Gasteiger partial charge in [-0.2, -0.15) is 5.10 Å². The number of aromatic nitrogens is 3. The van der Waals surface area contributed by atoms with E-state index in [1.807, 2.05) is 36.8 Å². The lowest BCUT2D eigenvalue weighted by Gasteiger charge is -2.36. The van der Waals surface area contributed by atoms with E-state index in [2.05, 4.69) is 15.0 Å². The molecule has 0 N–H and O–H groups in total. The summed E-state index contributed by atoms with van der Waals surface area (Å²) in [4.78, 5) is 36.2. The van der Waals surface area contributed by atoms with E-state index in [9.17, 15) is 9.59 Å². The molecule has 0 unspecified atom stereocenters. The van der Waals surface area contributed by atoms with E-state index in [0.717, 1.165) is 35.5 Å². The molecule has 0 aromatic carbocycles. The summed E-state index contributed by atoms with van der Waals surface area (Å²) >= 11 is 0. The summed E-state index contributed by atoms with van der Waals surface area (Å²) in [6, 6.07) is 1.84. The standard InChI is InChI=1S/C20H28N6O3/c1-14-12-16(18-15(2)22-23(3)19(18)21-14)20(28)26-6-4-25(5-7-26)17(27)13-24-8-10-29-11-9-24/h12H,4-11,13H2,1-3H3.